The second-order valence-electron chi connectivity index (χ2n) is 12.3. The van der Waals surface area contributed by atoms with Crippen molar-refractivity contribution in [2.45, 2.75) is 90.5 Å². The van der Waals surface area contributed by atoms with Crippen LogP contribution >= 0.6 is 0 Å². The molecule has 0 saturated heterocycles. The molecule has 1 atom stereocenters. The molecule has 2 rings (SSSR count). The highest BCUT2D eigenvalue weighted by atomic mass is 28.4. The highest BCUT2D eigenvalue weighted by molar-refractivity contribution is 6.75. The van der Waals surface area contributed by atoms with E-state index in [1.807, 2.05) is 48.5 Å². The van der Waals surface area contributed by atoms with E-state index in [2.05, 4.69) is 67.7 Å². The molecular formula is C28H47NO3Si2. The van der Waals surface area contributed by atoms with E-state index in [9.17, 15) is 5.11 Å². The molecule has 0 fully saturated rings. The lowest BCUT2D eigenvalue weighted by molar-refractivity contribution is 0.123. The van der Waals surface area contributed by atoms with Gasteiger partial charge in [-0.1, -0.05) is 77.9 Å². The van der Waals surface area contributed by atoms with Crippen LogP contribution < -0.4 is 8.85 Å². The summed E-state index contributed by atoms with van der Waals surface area (Å²) in [6, 6.07) is 15.0. The number of aliphatic hydroxyl groups is 1. The Morgan fingerprint density at radius 1 is 0.853 bits per heavy atom. The number of nitrogens with zero attached hydrogens (tertiary/aromatic N) is 1. The molecule has 0 heterocycles. The molecule has 190 valence electrons. The van der Waals surface area contributed by atoms with Crippen LogP contribution in [0.1, 0.15) is 62.9 Å². The molecule has 0 bridgehead atoms. The molecule has 0 aliphatic carbocycles. The molecular weight excluding hydrogens is 454 g/mol. The van der Waals surface area contributed by atoms with Crippen LogP contribution in [0.3, 0.4) is 0 Å². The van der Waals surface area contributed by atoms with Gasteiger partial charge in [-0.3, -0.25) is 4.90 Å². The highest BCUT2D eigenvalue weighted by Crippen LogP contribution is 2.44. The molecule has 2 aromatic carbocycles. The predicted octanol–water partition coefficient (Wildman–Crippen LogP) is 7.62. The van der Waals surface area contributed by atoms with Crippen molar-refractivity contribution in [1.29, 1.82) is 0 Å². The van der Waals surface area contributed by atoms with Crippen LogP contribution in [0.2, 0.25) is 36.3 Å². The fraction of sp³-hybridized carbons (Fsp3) is 0.571. The number of aliphatic hydroxyl groups excluding tert-OH is 1. The molecule has 0 aliphatic rings. The van der Waals surface area contributed by atoms with Crippen LogP contribution in [0, 0.1) is 0 Å². The number of rotatable bonds is 9. The minimum absolute atomic E-state index is 0.0110. The number of hydrogen-bond donors (Lipinski definition) is 1. The first-order chi connectivity index (χ1) is 16.6. The average molecular weight is 505 g/mol. The number of benzene rings is 2. The van der Waals surface area contributed by atoms with Gasteiger partial charge in [-0.25, -0.2) is 0 Å². The second kappa shape index (κ2) is 10.6. The molecule has 0 saturated carbocycles. The van der Waals surface area contributed by atoms with Crippen molar-refractivity contribution >= 4 is 16.6 Å². The van der Waals surface area contributed by atoms with Crippen molar-refractivity contribution in [2.75, 3.05) is 13.5 Å². The Morgan fingerprint density at radius 2 is 1.38 bits per heavy atom. The molecule has 1 unspecified atom stereocenters. The number of likely N-dealkylation sites (N-methyl/N-ethyl adjacent to an activating group) is 1. The molecule has 0 amide bonds. The van der Waals surface area contributed by atoms with Crippen LogP contribution in [0.5, 0.6) is 11.5 Å². The standard InChI is InChI=1S/C28H47NO3Si2/c1-27(2,3)33(8,9)31-25-18-17-23(19-26(25)32-34(10,11)28(4,5)6)24(30)21-29(7)20-22-15-13-12-14-16-22/h12-19,24,30H,20-21H2,1-11H3/i7D3. The topological polar surface area (TPSA) is 41.9 Å². The summed E-state index contributed by atoms with van der Waals surface area (Å²) in [5, 5.41) is 11.2. The molecule has 0 spiro atoms. The van der Waals surface area contributed by atoms with E-state index >= 15 is 0 Å². The summed E-state index contributed by atoms with van der Waals surface area (Å²) in [7, 11) is -4.36. The summed E-state index contributed by atoms with van der Waals surface area (Å²) in [6.45, 7) is 19.7. The molecule has 1 N–H and O–H groups in total. The second-order valence-corrected chi connectivity index (χ2v) is 21.8. The van der Waals surface area contributed by atoms with Crippen LogP contribution in [-0.4, -0.2) is 40.2 Å². The van der Waals surface area contributed by atoms with E-state index in [-0.39, 0.29) is 23.2 Å². The van der Waals surface area contributed by atoms with Gasteiger partial charge in [-0.15, -0.1) is 0 Å². The summed E-state index contributed by atoms with van der Waals surface area (Å²) >= 11 is 0. The Hall–Kier alpha value is -1.61. The largest absolute Gasteiger partial charge is 0.541 e. The van der Waals surface area contributed by atoms with Gasteiger partial charge in [-0.05, 0) is 66.5 Å². The molecule has 6 heteroatoms. The Kier molecular flexibility index (Phi) is 7.49. The van der Waals surface area contributed by atoms with Gasteiger partial charge in [0.05, 0.1) is 6.10 Å². The number of hydrogen-bond acceptors (Lipinski definition) is 4. The van der Waals surface area contributed by atoms with Crippen LogP contribution in [0.4, 0.5) is 0 Å². The first-order valence-electron chi connectivity index (χ1n) is 13.6. The first-order valence-corrected chi connectivity index (χ1v) is 17.9. The van der Waals surface area contributed by atoms with Gasteiger partial charge in [-0.2, -0.15) is 0 Å². The summed E-state index contributed by atoms with van der Waals surface area (Å²) in [6.07, 6.45) is -1.01. The predicted molar refractivity (Wildman–Crippen MR) is 150 cm³/mol. The van der Waals surface area contributed by atoms with E-state index in [1.165, 1.54) is 4.90 Å². The first kappa shape index (κ1) is 24.1. The SMILES string of the molecule is [2H]C([2H])([2H])N(Cc1ccccc1)CC(O)c1ccc(O[Si](C)(C)C(C)(C)C)c(O[Si](C)(C)C(C)(C)C)c1. The molecule has 0 radical (unpaired) electrons. The van der Waals surface area contributed by atoms with Gasteiger partial charge < -0.3 is 14.0 Å². The average Bonchev–Trinajstić information content (AvgIpc) is 2.72. The van der Waals surface area contributed by atoms with Crippen LogP contribution in [0.25, 0.3) is 0 Å². The van der Waals surface area contributed by atoms with Crippen molar-refractivity contribution < 1.29 is 18.1 Å². The monoisotopic (exact) mass is 504 g/mol. The lowest BCUT2D eigenvalue weighted by atomic mass is 10.1. The Balaban J connectivity index is 2.44. The van der Waals surface area contributed by atoms with Gasteiger partial charge >= 0.3 is 0 Å². The van der Waals surface area contributed by atoms with E-state index in [1.54, 1.807) is 0 Å². The Labute approximate surface area is 214 Å². The molecule has 2 aromatic rings. The summed E-state index contributed by atoms with van der Waals surface area (Å²) < 4.78 is 37.5. The van der Waals surface area contributed by atoms with Gasteiger partial charge in [0.1, 0.15) is 11.5 Å². The summed E-state index contributed by atoms with van der Waals surface area (Å²) in [5.41, 5.74) is 1.49. The van der Waals surface area contributed by atoms with E-state index in [0.717, 1.165) is 5.56 Å². The zero-order valence-electron chi connectivity index (χ0n) is 25.8. The Bertz CT molecular complexity index is 1030. The summed E-state index contributed by atoms with van der Waals surface area (Å²) in [5.74, 6) is 1.31. The van der Waals surface area contributed by atoms with E-state index < -0.39 is 29.7 Å². The van der Waals surface area contributed by atoms with Gasteiger partial charge in [0, 0.05) is 17.2 Å². The van der Waals surface area contributed by atoms with Crippen LogP contribution in [-0.2, 0) is 6.54 Å². The van der Waals surface area contributed by atoms with Crippen molar-refractivity contribution in [1.82, 2.24) is 4.90 Å². The normalized spacial score (nSPS) is 15.9. The quantitative estimate of drug-likeness (QED) is 0.357. The molecule has 34 heavy (non-hydrogen) atoms. The lowest BCUT2D eigenvalue weighted by Crippen LogP contribution is -2.45. The fourth-order valence-corrected chi connectivity index (χ4v) is 4.97. The third-order valence-electron chi connectivity index (χ3n) is 7.30. The van der Waals surface area contributed by atoms with Gasteiger partial charge in [0.15, 0.2) is 0 Å². The zero-order chi connectivity index (χ0) is 28.4. The molecule has 0 aromatic heterocycles. The van der Waals surface area contributed by atoms with Crippen molar-refractivity contribution in [3.63, 3.8) is 0 Å². The van der Waals surface area contributed by atoms with Gasteiger partial charge in [0.2, 0.25) is 0 Å². The molecule has 4 nitrogen and oxygen atoms in total. The van der Waals surface area contributed by atoms with Crippen molar-refractivity contribution in [3.05, 3.63) is 59.7 Å². The lowest BCUT2D eigenvalue weighted by Gasteiger charge is -2.40. The zero-order valence-corrected chi connectivity index (χ0v) is 24.8. The summed E-state index contributed by atoms with van der Waals surface area (Å²) in [4.78, 5) is 1.33. The third kappa shape index (κ3) is 7.44. The van der Waals surface area contributed by atoms with Crippen LogP contribution in [0.15, 0.2) is 48.5 Å². The minimum Gasteiger partial charge on any atom is -0.541 e. The maximum atomic E-state index is 11.2. The van der Waals surface area contributed by atoms with Gasteiger partial charge in [0.25, 0.3) is 16.6 Å². The highest BCUT2D eigenvalue weighted by Gasteiger charge is 2.42. The smallest absolute Gasteiger partial charge is 0.250 e. The van der Waals surface area contributed by atoms with E-state index in [0.29, 0.717) is 17.1 Å². The fourth-order valence-electron chi connectivity index (χ4n) is 2.93. The maximum Gasteiger partial charge on any atom is 0.250 e. The van der Waals surface area contributed by atoms with Crippen molar-refractivity contribution in [3.8, 4) is 11.5 Å². The third-order valence-corrected chi connectivity index (χ3v) is 16.0. The van der Waals surface area contributed by atoms with Crippen molar-refractivity contribution in [2.24, 2.45) is 0 Å². The Morgan fingerprint density at radius 3 is 1.88 bits per heavy atom. The maximum absolute atomic E-state index is 11.2. The van der Waals surface area contributed by atoms with E-state index in [4.69, 9.17) is 13.0 Å². The minimum atomic E-state index is -2.34. The molecule has 0 aliphatic heterocycles.